The first-order chi connectivity index (χ1) is 16.0. The fraction of sp³-hybridized carbons (Fsp3) is 0.500. The van der Waals surface area contributed by atoms with Crippen LogP contribution in [0.4, 0.5) is 0 Å². The van der Waals surface area contributed by atoms with Crippen molar-refractivity contribution in [1.29, 1.82) is 0 Å². The van der Waals surface area contributed by atoms with Crippen LogP contribution in [0.2, 0.25) is 0 Å². The van der Waals surface area contributed by atoms with Crippen LogP contribution in [0.15, 0.2) is 60.7 Å². The van der Waals surface area contributed by atoms with E-state index in [1.807, 2.05) is 35.7 Å². The first-order valence-electron chi connectivity index (χ1n) is 11.8. The van der Waals surface area contributed by atoms with Gasteiger partial charge in [-0.2, -0.15) is 23.5 Å². The molecule has 1 fully saturated rings. The maximum absolute atomic E-state index is 12.6. The molecule has 2 N–H and O–H groups in total. The molecule has 0 aromatic heterocycles. The largest absolute Gasteiger partial charge is 0.399 e. The van der Waals surface area contributed by atoms with Crippen molar-refractivity contribution in [2.45, 2.75) is 47.9 Å². The van der Waals surface area contributed by atoms with Crippen molar-refractivity contribution in [1.82, 2.24) is 10.2 Å². The molecule has 1 heterocycles. The highest BCUT2D eigenvalue weighted by molar-refractivity contribution is 7.99. The summed E-state index contributed by atoms with van der Waals surface area (Å²) < 4.78 is 0. The van der Waals surface area contributed by atoms with Crippen molar-refractivity contribution in [3.63, 3.8) is 0 Å². The third kappa shape index (κ3) is 10.2. The molecular formula is C26H35BN2O2S2. The molecule has 1 amide bonds. The molecule has 0 aliphatic carbocycles. The summed E-state index contributed by atoms with van der Waals surface area (Å²) in [5.74, 6) is 2.96. The van der Waals surface area contributed by atoms with Gasteiger partial charge in [0.15, 0.2) is 0 Å². The van der Waals surface area contributed by atoms with E-state index in [1.165, 1.54) is 11.1 Å². The quantitative estimate of drug-likeness (QED) is 0.333. The monoisotopic (exact) mass is 482 g/mol. The van der Waals surface area contributed by atoms with Gasteiger partial charge >= 0.3 is 0 Å². The lowest BCUT2D eigenvalue weighted by Crippen LogP contribution is -2.48. The van der Waals surface area contributed by atoms with Crippen molar-refractivity contribution in [3.8, 4) is 0 Å². The highest BCUT2D eigenvalue weighted by Crippen LogP contribution is 2.29. The third-order valence-corrected chi connectivity index (χ3v) is 8.36. The summed E-state index contributed by atoms with van der Waals surface area (Å²) in [5.41, 5.74) is 1.20. The molecule has 2 unspecified atom stereocenters. The Morgan fingerprint density at radius 1 is 1.00 bits per heavy atom. The summed E-state index contributed by atoms with van der Waals surface area (Å²) in [7, 11) is 6.19. The minimum absolute atomic E-state index is 0.00811. The molecule has 0 saturated carbocycles. The average Bonchev–Trinajstić information content (AvgIpc) is 2.84. The molecule has 2 atom stereocenters. The van der Waals surface area contributed by atoms with Gasteiger partial charge in [-0.05, 0) is 36.1 Å². The lowest BCUT2D eigenvalue weighted by molar-refractivity contribution is -0.134. The van der Waals surface area contributed by atoms with Crippen LogP contribution in [0, 0.1) is 0 Å². The number of piperazine rings is 1. The standard InChI is InChI=1S/C26H35BN2O2S2/c27-26(31,19-25(30)29-16-14-28-15-17-29)13-11-24(33-21-23-9-5-2-6-10-23)12-18-32-20-22-7-3-1-4-8-22/h1-10,24,28,31H,11-21H2. The van der Waals surface area contributed by atoms with E-state index in [-0.39, 0.29) is 12.3 Å². The normalized spacial score (nSPS) is 16.8. The number of carbonyl (C=O) groups excluding carboxylic acids is 1. The summed E-state index contributed by atoms with van der Waals surface area (Å²) in [5, 5.41) is 14.4. The highest BCUT2D eigenvalue weighted by atomic mass is 32.2. The van der Waals surface area contributed by atoms with Gasteiger partial charge in [0.25, 0.3) is 0 Å². The van der Waals surface area contributed by atoms with Crippen LogP contribution in [0.1, 0.15) is 36.8 Å². The van der Waals surface area contributed by atoms with Crippen LogP contribution in [-0.2, 0) is 16.3 Å². The van der Waals surface area contributed by atoms with E-state index in [2.05, 4.69) is 53.8 Å². The van der Waals surface area contributed by atoms with Gasteiger partial charge in [0.1, 0.15) is 7.85 Å². The number of nitrogens with zero attached hydrogens (tertiary/aromatic N) is 1. The van der Waals surface area contributed by atoms with Crippen LogP contribution >= 0.6 is 23.5 Å². The Morgan fingerprint density at radius 2 is 1.61 bits per heavy atom. The fourth-order valence-electron chi connectivity index (χ4n) is 3.87. The second-order valence-corrected chi connectivity index (χ2v) is 11.1. The molecule has 3 rings (SSSR count). The lowest BCUT2D eigenvalue weighted by Gasteiger charge is -2.32. The van der Waals surface area contributed by atoms with Gasteiger partial charge in [-0.1, -0.05) is 60.7 Å². The lowest BCUT2D eigenvalue weighted by atomic mass is 9.74. The molecule has 2 aromatic rings. The minimum Gasteiger partial charge on any atom is -0.399 e. The van der Waals surface area contributed by atoms with Gasteiger partial charge in [0.2, 0.25) is 5.91 Å². The van der Waals surface area contributed by atoms with Crippen molar-refractivity contribution in [2.75, 3.05) is 31.9 Å². The van der Waals surface area contributed by atoms with E-state index >= 15 is 0 Å². The van der Waals surface area contributed by atoms with Gasteiger partial charge < -0.3 is 15.3 Å². The van der Waals surface area contributed by atoms with Crippen LogP contribution in [0.3, 0.4) is 0 Å². The molecule has 1 aliphatic rings. The van der Waals surface area contributed by atoms with Crippen molar-refractivity contribution >= 4 is 37.3 Å². The zero-order valence-corrected chi connectivity index (χ0v) is 21.0. The molecule has 2 radical (unpaired) electrons. The summed E-state index contributed by atoms with van der Waals surface area (Å²) in [6, 6.07) is 21.0. The van der Waals surface area contributed by atoms with Crippen LogP contribution in [0.25, 0.3) is 0 Å². The maximum Gasteiger partial charge on any atom is 0.224 e. The van der Waals surface area contributed by atoms with E-state index in [9.17, 15) is 9.90 Å². The molecule has 0 spiro atoms. The Balaban J connectivity index is 1.47. The number of amides is 1. The summed E-state index contributed by atoms with van der Waals surface area (Å²) in [4.78, 5) is 14.4. The smallest absolute Gasteiger partial charge is 0.224 e. The van der Waals surface area contributed by atoms with E-state index in [4.69, 9.17) is 7.85 Å². The molecule has 4 nitrogen and oxygen atoms in total. The van der Waals surface area contributed by atoms with Gasteiger partial charge in [-0.25, -0.2) is 0 Å². The number of aliphatic hydroxyl groups is 1. The SMILES string of the molecule is [B]C(O)(CCC(CCSCc1ccccc1)SCc1ccccc1)CC(=O)N1CCNCC1. The van der Waals surface area contributed by atoms with E-state index in [0.29, 0.717) is 24.8 Å². The van der Waals surface area contributed by atoms with Gasteiger partial charge in [-0.3, -0.25) is 4.79 Å². The zero-order chi connectivity index (χ0) is 23.4. The van der Waals surface area contributed by atoms with E-state index < -0.39 is 5.50 Å². The Hall–Kier alpha value is -1.41. The zero-order valence-electron chi connectivity index (χ0n) is 19.3. The van der Waals surface area contributed by atoms with Gasteiger partial charge in [-0.15, -0.1) is 0 Å². The molecular weight excluding hydrogens is 447 g/mol. The highest BCUT2D eigenvalue weighted by Gasteiger charge is 2.28. The molecule has 176 valence electrons. The molecule has 1 saturated heterocycles. The van der Waals surface area contributed by atoms with Crippen molar-refractivity contribution in [3.05, 3.63) is 71.8 Å². The summed E-state index contributed by atoms with van der Waals surface area (Å²) >= 11 is 3.87. The Labute approximate surface area is 208 Å². The second kappa shape index (κ2) is 14.1. The predicted octanol–water partition coefficient (Wildman–Crippen LogP) is 4.07. The predicted molar refractivity (Wildman–Crippen MR) is 143 cm³/mol. The number of nitrogens with one attached hydrogen (secondary N) is 1. The summed E-state index contributed by atoms with van der Waals surface area (Å²) in [6.07, 6.45) is 2.27. The van der Waals surface area contributed by atoms with Crippen molar-refractivity contribution in [2.24, 2.45) is 0 Å². The molecule has 0 bridgehead atoms. The Morgan fingerprint density at radius 3 is 2.24 bits per heavy atom. The summed E-state index contributed by atoms with van der Waals surface area (Å²) in [6.45, 7) is 2.97. The number of thioether (sulfide) groups is 2. The van der Waals surface area contributed by atoms with Gasteiger partial charge in [0.05, 0.1) is 0 Å². The topological polar surface area (TPSA) is 52.6 Å². The van der Waals surface area contributed by atoms with E-state index in [1.54, 1.807) is 4.90 Å². The first kappa shape index (κ1) is 26.2. The van der Waals surface area contributed by atoms with Crippen LogP contribution in [0.5, 0.6) is 0 Å². The second-order valence-electron chi connectivity index (χ2n) is 8.70. The van der Waals surface area contributed by atoms with Crippen LogP contribution in [-0.4, -0.2) is 66.4 Å². The number of hydrogen-bond acceptors (Lipinski definition) is 5. The Kier molecular flexibility index (Phi) is 11.2. The van der Waals surface area contributed by atoms with Crippen molar-refractivity contribution < 1.29 is 9.90 Å². The molecule has 33 heavy (non-hydrogen) atoms. The number of hydrogen-bond donors (Lipinski definition) is 2. The van der Waals surface area contributed by atoms with Gasteiger partial charge in [0, 0.05) is 54.9 Å². The molecule has 1 aliphatic heterocycles. The first-order valence-corrected chi connectivity index (χ1v) is 14.0. The van der Waals surface area contributed by atoms with Crippen LogP contribution < -0.4 is 5.32 Å². The fourth-order valence-corrected chi connectivity index (χ4v) is 6.23. The number of rotatable bonds is 13. The van der Waals surface area contributed by atoms with E-state index in [0.717, 1.165) is 43.2 Å². The number of carbonyl (C=O) groups is 1. The maximum atomic E-state index is 12.6. The molecule has 7 heteroatoms. The average molecular weight is 483 g/mol. The minimum atomic E-state index is -1.45. The third-order valence-electron chi connectivity index (χ3n) is 5.85. The number of benzene rings is 2. The molecule has 2 aromatic carbocycles. The Bertz CT molecular complexity index is 818.